The molecule has 32 heavy (non-hydrogen) atoms. The van der Waals surface area contributed by atoms with Crippen molar-refractivity contribution < 1.29 is 32.2 Å². The third-order valence-corrected chi connectivity index (χ3v) is 5.95. The van der Waals surface area contributed by atoms with E-state index < -0.39 is 45.3 Å². The fraction of sp³-hybridized carbons (Fsp3) is 0.556. The third-order valence-electron chi connectivity index (χ3n) is 4.98. The average Bonchev–Trinajstić information content (AvgIpc) is 3.09. The molecule has 1 aromatic rings. The lowest BCUT2D eigenvalue weighted by molar-refractivity contribution is -0.384. The molecule has 1 saturated heterocycles. The minimum Gasteiger partial charge on any atom is -0.480 e. The highest BCUT2D eigenvalue weighted by Crippen LogP contribution is 2.25. The fourth-order valence-corrected chi connectivity index (χ4v) is 4.31. The SMILES string of the molecule is NCCCC[C@H](N)C(=O)NS(=O)(=O)O[C@@H]1C[C@@H](C(=O)O)N(Cc2ccc([N+](=O)[O-])cc2)C1. The fourth-order valence-electron chi connectivity index (χ4n) is 3.36. The van der Waals surface area contributed by atoms with Gasteiger partial charge in [-0.3, -0.25) is 24.6 Å². The molecule has 0 radical (unpaired) electrons. The van der Waals surface area contributed by atoms with E-state index in [0.717, 1.165) is 0 Å². The maximum absolute atomic E-state index is 12.2. The number of hydrogen-bond acceptors (Lipinski definition) is 10. The van der Waals surface area contributed by atoms with E-state index in [1.807, 2.05) is 0 Å². The predicted molar refractivity (Wildman–Crippen MR) is 112 cm³/mol. The van der Waals surface area contributed by atoms with Crippen LogP contribution < -0.4 is 16.2 Å². The van der Waals surface area contributed by atoms with Gasteiger partial charge in [0.1, 0.15) is 6.04 Å². The van der Waals surface area contributed by atoms with Crippen LogP contribution in [0.25, 0.3) is 0 Å². The molecule has 0 aromatic heterocycles. The number of aliphatic carboxylic acids is 1. The third kappa shape index (κ3) is 7.49. The molecule has 14 heteroatoms. The summed E-state index contributed by atoms with van der Waals surface area (Å²) in [4.78, 5) is 35.3. The van der Waals surface area contributed by atoms with Crippen molar-refractivity contribution in [3.8, 4) is 0 Å². The number of unbranched alkanes of at least 4 members (excludes halogenated alkanes) is 1. The van der Waals surface area contributed by atoms with Gasteiger partial charge in [0, 0.05) is 31.6 Å². The van der Waals surface area contributed by atoms with Crippen LogP contribution in [0.15, 0.2) is 24.3 Å². The Hall–Kier alpha value is -2.65. The predicted octanol–water partition coefficient (Wildman–Crippen LogP) is -0.544. The van der Waals surface area contributed by atoms with Crippen LogP contribution in [0, 0.1) is 10.1 Å². The van der Waals surface area contributed by atoms with Gasteiger partial charge in [0.15, 0.2) is 0 Å². The van der Waals surface area contributed by atoms with Gasteiger partial charge in [-0.15, -0.1) is 0 Å². The number of carboxylic acid groups (broad SMARTS) is 1. The minimum absolute atomic E-state index is 0.0361. The molecule has 0 aliphatic carbocycles. The first kappa shape index (κ1) is 25.6. The molecule has 0 bridgehead atoms. The number of benzene rings is 1. The Balaban J connectivity index is 1.98. The Morgan fingerprint density at radius 2 is 1.97 bits per heavy atom. The molecule has 0 saturated carbocycles. The van der Waals surface area contributed by atoms with Crippen molar-refractivity contribution in [3.63, 3.8) is 0 Å². The summed E-state index contributed by atoms with van der Waals surface area (Å²) in [7, 11) is -4.50. The lowest BCUT2D eigenvalue weighted by atomic mass is 10.1. The molecule has 3 atom stereocenters. The summed E-state index contributed by atoms with van der Waals surface area (Å²) in [6, 6.07) is 3.51. The van der Waals surface area contributed by atoms with E-state index in [1.165, 1.54) is 29.2 Å². The Morgan fingerprint density at radius 3 is 2.53 bits per heavy atom. The lowest BCUT2D eigenvalue weighted by Gasteiger charge is -2.20. The standard InChI is InChI=1S/C18H27N5O8S/c19-8-2-1-3-15(20)17(24)21-32(29,30)31-14-9-16(18(25)26)22(11-14)10-12-4-6-13(7-5-12)23(27)28/h4-7,14-16H,1-3,8-11,19-20H2,(H,21,24)(H,25,26)/t14-,15+,16+/m1/s1. The summed E-state index contributed by atoms with van der Waals surface area (Å²) in [6.07, 6.45) is 0.333. The van der Waals surface area contributed by atoms with E-state index >= 15 is 0 Å². The van der Waals surface area contributed by atoms with Gasteiger partial charge in [0.2, 0.25) is 0 Å². The summed E-state index contributed by atoms with van der Waals surface area (Å²) in [5.41, 5.74) is 11.5. The number of carbonyl (C=O) groups excluding carboxylic acids is 1. The molecular formula is C18H27N5O8S. The highest BCUT2D eigenvalue weighted by molar-refractivity contribution is 7.85. The Morgan fingerprint density at radius 1 is 1.31 bits per heavy atom. The molecule has 1 amide bonds. The number of amides is 1. The summed E-state index contributed by atoms with van der Waals surface area (Å²) in [5.74, 6) is -2.08. The highest BCUT2D eigenvalue weighted by Gasteiger charge is 2.40. The van der Waals surface area contributed by atoms with Crippen molar-refractivity contribution in [2.75, 3.05) is 13.1 Å². The Kier molecular flexibility index (Phi) is 9.03. The number of non-ortho nitro benzene ring substituents is 1. The van der Waals surface area contributed by atoms with Gasteiger partial charge in [-0.25, -0.2) is 8.91 Å². The van der Waals surface area contributed by atoms with Gasteiger partial charge in [-0.05, 0) is 24.9 Å². The largest absolute Gasteiger partial charge is 0.480 e. The van der Waals surface area contributed by atoms with Gasteiger partial charge in [-0.2, -0.15) is 8.42 Å². The van der Waals surface area contributed by atoms with Crippen molar-refractivity contribution in [3.05, 3.63) is 39.9 Å². The number of carbonyl (C=O) groups is 2. The molecule has 0 spiro atoms. The van der Waals surface area contributed by atoms with Gasteiger partial charge in [-0.1, -0.05) is 18.6 Å². The molecule has 13 nitrogen and oxygen atoms in total. The zero-order valence-electron chi connectivity index (χ0n) is 17.3. The molecule has 0 unspecified atom stereocenters. The first-order valence-corrected chi connectivity index (χ1v) is 11.3. The molecule has 1 fully saturated rings. The van der Waals surface area contributed by atoms with Crippen LogP contribution in [0.2, 0.25) is 0 Å². The van der Waals surface area contributed by atoms with Crippen LogP contribution in [0.5, 0.6) is 0 Å². The Bertz CT molecular complexity index is 924. The average molecular weight is 474 g/mol. The Labute approximate surface area is 185 Å². The zero-order valence-corrected chi connectivity index (χ0v) is 18.1. The summed E-state index contributed by atoms with van der Waals surface area (Å²) < 4.78 is 31.2. The maximum atomic E-state index is 12.2. The van der Waals surface area contributed by atoms with Crippen LogP contribution in [-0.2, 0) is 30.6 Å². The van der Waals surface area contributed by atoms with E-state index in [2.05, 4.69) is 0 Å². The van der Waals surface area contributed by atoms with E-state index in [4.69, 9.17) is 15.7 Å². The number of nitrogens with one attached hydrogen (secondary N) is 1. The van der Waals surface area contributed by atoms with E-state index in [0.29, 0.717) is 24.9 Å². The van der Waals surface area contributed by atoms with Crippen LogP contribution in [0.1, 0.15) is 31.2 Å². The quantitative estimate of drug-likeness (QED) is 0.172. The van der Waals surface area contributed by atoms with Crippen LogP contribution >= 0.6 is 0 Å². The second-order valence-electron chi connectivity index (χ2n) is 7.47. The van der Waals surface area contributed by atoms with Crippen molar-refractivity contribution in [1.29, 1.82) is 0 Å². The van der Waals surface area contributed by atoms with E-state index in [1.54, 1.807) is 4.72 Å². The molecular weight excluding hydrogens is 446 g/mol. The maximum Gasteiger partial charge on any atom is 0.362 e. The number of rotatable bonds is 12. The second kappa shape index (κ2) is 11.3. The molecule has 6 N–H and O–H groups in total. The zero-order chi connectivity index (χ0) is 23.9. The molecule has 1 aromatic carbocycles. The van der Waals surface area contributed by atoms with Gasteiger partial charge < -0.3 is 16.6 Å². The van der Waals surface area contributed by atoms with E-state index in [-0.39, 0.29) is 31.6 Å². The number of nitro groups is 1. The van der Waals surface area contributed by atoms with Crippen molar-refractivity contribution >= 4 is 27.9 Å². The van der Waals surface area contributed by atoms with Gasteiger partial charge in [0.25, 0.3) is 11.6 Å². The van der Waals surface area contributed by atoms with Gasteiger partial charge >= 0.3 is 16.3 Å². The number of nitrogens with zero attached hydrogens (tertiary/aromatic N) is 2. The van der Waals surface area contributed by atoms with Crippen LogP contribution in [-0.4, -0.2) is 66.5 Å². The molecule has 1 heterocycles. The topological polar surface area (TPSA) is 208 Å². The van der Waals surface area contributed by atoms with E-state index in [9.17, 15) is 33.2 Å². The van der Waals surface area contributed by atoms with Crippen LogP contribution in [0.4, 0.5) is 5.69 Å². The van der Waals surface area contributed by atoms with Crippen molar-refractivity contribution in [1.82, 2.24) is 9.62 Å². The smallest absolute Gasteiger partial charge is 0.362 e. The first-order valence-electron chi connectivity index (χ1n) is 9.93. The highest BCUT2D eigenvalue weighted by atomic mass is 32.2. The number of carboxylic acids is 1. The summed E-state index contributed by atoms with van der Waals surface area (Å²) in [6.45, 7) is 0.511. The molecule has 178 valence electrons. The van der Waals surface area contributed by atoms with Crippen molar-refractivity contribution in [2.45, 2.75) is 50.4 Å². The second-order valence-corrected chi connectivity index (χ2v) is 8.78. The van der Waals surface area contributed by atoms with Crippen LogP contribution in [0.3, 0.4) is 0 Å². The molecule has 2 rings (SSSR count). The monoisotopic (exact) mass is 473 g/mol. The summed E-state index contributed by atoms with van der Waals surface area (Å²) >= 11 is 0. The normalized spacial score (nSPS) is 20.1. The molecule has 1 aliphatic heterocycles. The summed E-state index contributed by atoms with van der Waals surface area (Å²) in [5, 5.41) is 20.2. The first-order chi connectivity index (χ1) is 15.0. The lowest BCUT2D eigenvalue weighted by Crippen LogP contribution is -2.45. The number of nitro benzene ring substituents is 1. The molecule has 1 aliphatic rings. The minimum atomic E-state index is -4.50. The van der Waals surface area contributed by atoms with Gasteiger partial charge in [0.05, 0.1) is 17.1 Å². The number of likely N-dealkylation sites (tertiary alicyclic amines) is 1. The number of nitrogens with two attached hydrogens (primary N) is 2. The number of hydrogen-bond donors (Lipinski definition) is 4. The van der Waals surface area contributed by atoms with Crippen molar-refractivity contribution in [2.24, 2.45) is 11.5 Å².